The first-order chi connectivity index (χ1) is 21.8. The average Bonchev–Trinajstić information content (AvgIpc) is 3.02. The van der Waals surface area contributed by atoms with Crippen LogP contribution in [0.3, 0.4) is 0 Å². The minimum Gasteiger partial charge on any atom is -0.459 e. The van der Waals surface area contributed by atoms with Crippen LogP contribution in [-0.2, 0) is 42.9 Å². The molecule has 2 saturated heterocycles. The summed E-state index contributed by atoms with van der Waals surface area (Å²) in [4.78, 5) is 55.5. The number of ketones is 2. The van der Waals surface area contributed by atoms with Gasteiger partial charge in [0.05, 0.1) is 30.0 Å². The lowest BCUT2D eigenvalue weighted by Crippen LogP contribution is -2.61. The summed E-state index contributed by atoms with van der Waals surface area (Å²) in [5.41, 5.74) is -3.30. The van der Waals surface area contributed by atoms with Gasteiger partial charge in [0.1, 0.15) is 23.4 Å². The highest BCUT2D eigenvalue weighted by atomic mass is 16.7. The molecule has 0 aromatic heterocycles. The number of esters is 2. The minimum absolute atomic E-state index is 0.0475. The summed E-state index contributed by atoms with van der Waals surface area (Å²) < 4.78 is 30.4. The highest BCUT2D eigenvalue weighted by molar-refractivity contribution is 6.00. The molecule has 268 valence electrons. The number of rotatable bonds is 8. The molecule has 0 aliphatic carbocycles. The maximum absolute atomic E-state index is 14.0. The van der Waals surface area contributed by atoms with Crippen LogP contribution in [0.1, 0.15) is 88.0 Å². The lowest BCUT2D eigenvalue weighted by atomic mass is 9.74. The molecule has 47 heavy (non-hydrogen) atoms. The van der Waals surface area contributed by atoms with E-state index >= 15 is 0 Å². The van der Waals surface area contributed by atoms with E-state index in [-0.39, 0.29) is 30.8 Å². The van der Waals surface area contributed by atoms with Crippen molar-refractivity contribution >= 4 is 23.5 Å². The number of likely N-dealkylation sites (N-methyl/N-ethyl adjacent to an activating group) is 1. The molecule has 0 amide bonds. The van der Waals surface area contributed by atoms with Gasteiger partial charge in [0.25, 0.3) is 0 Å². The molecule has 0 aromatic carbocycles. The Balaban J connectivity index is 2.68. The molecule has 0 aromatic rings. The van der Waals surface area contributed by atoms with Crippen LogP contribution < -0.4 is 0 Å². The van der Waals surface area contributed by atoms with Gasteiger partial charge in [-0.25, -0.2) is 0 Å². The Morgan fingerprint density at radius 3 is 2.26 bits per heavy atom. The van der Waals surface area contributed by atoms with Gasteiger partial charge in [0, 0.05) is 44.8 Å². The van der Waals surface area contributed by atoms with Crippen LogP contribution in [0.4, 0.5) is 0 Å². The Kier molecular flexibility index (Phi) is 14.6. The van der Waals surface area contributed by atoms with Crippen LogP contribution in [0.5, 0.6) is 0 Å². The monoisotopic (exact) mass is 667 g/mol. The van der Waals surface area contributed by atoms with Crippen LogP contribution in [-0.4, -0.2) is 113 Å². The first-order valence-corrected chi connectivity index (χ1v) is 16.6. The summed E-state index contributed by atoms with van der Waals surface area (Å²) in [6.45, 7) is 14.6. The summed E-state index contributed by atoms with van der Waals surface area (Å²) in [7, 11) is 3.31. The van der Waals surface area contributed by atoms with Crippen LogP contribution in [0.15, 0.2) is 0 Å². The third-order valence-electron chi connectivity index (χ3n) is 10.1. The third-order valence-corrected chi connectivity index (χ3v) is 10.1. The van der Waals surface area contributed by atoms with Crippen molar-refractivity contribution in [1.29, 1.82) is 0 Å². The van der Waals surface area contributed by atoms with E-state index in [9.17, 15) is 29.4 Å². The fourth-order valence-corrected chi connectivity index (χ4v) is 7.07. The van der Waals surface area contributed by atoms with E-state index in [1.807, 2.05) is 18.9 Å². The Hall–Kier alpha value is -2.40. The van der Waals surface area contributed by atoms with Gasteiger partial charge in [0.15, 0.2) is 18.2 Å². The van der Waals surface area contributed by atoms with E-state index in [1.54, 1.807) is 27.7 Å². The van der Waals surface area contributed by atoms with Gasteiger partial charge in [-0.2, -0.15) is 0 Å². The first-order valence-electron chi connectivity index (χ1n) is 16.6. The van der Waals surface area contributed by atoms with E-state index in [0.29, 0.717) is 19.4 Å². The second kappa shape index (κ2) is 16.8. The number of hydrogen-bond acceptors (Lipinski definition) is 12. The topological polar surface area (TPSA) is 158 Å². The van der Waals surface area contributed by atoms with E-state index in [4.69, 9.17) is 30.1 Å². The Morgan fingerprint density at radius 1 is 1.11 bits per heavy atom. The molecule has 2 N–H and O–H groups in total. The van der Waals surface area contributed by atoms with Crippen LogP contribution in [0.25, 0.3) is 0 Å². The minimum atomic E-state index is -1.97. The van der Waals surface area contributed by atoms with E-state index in [0.717, 1.165) is 0 Å². The maximum atomic E-state index is 14.0. The fraction of sp³-hybridized carbons (Fsp3) is 0.829. The molecule has 13 atom stereocenters. The van der Waals surface area contributed by atoms with E-state index in [1.165, 1.54) is 34.8 Å². The largest absolute Gasteiger partial charge is 0.459 e. The van der Waals surface area contributed by atoms with Crippen molar-refractivity contribution in [1.82, 2.24) is 4.90 Å². The first kappa shape index (κ1) is 40.8. The lowest BCUT2D eigenvalue weighted by molar-refractivity contribution is -0.298. The molecule has 0 spiro atoms. The molecule has 2 aliphatic heterocycles. The molecule has 2 aliphatic rings. The van der Waals surface area contributed by atoms with Gasteiger partial charge in [-0.3, -0.25) is 24.1 Å². The van der Waals surface area contributed by atoms with Gasteiger partial charge in [-0.15, -0.1) is 12.3 Å². The zero-order chi connectivity index (χ0) is 36.0. The molecule has 0 saturated carbocycles. The fourth-order valence-electron chi connectivity index (χ4n) is 7.07. The van der Waals surface area contributed by atoms with Crippen molar-refractivity contribution in [2.75, 3.05) is 20.7 Å². The predicted octanol–water partition coefficient (Wildman–Crippen LogP) is 2.69. The van der Waals surface area contributed by atoms with Gasteiger partial charge >= 0.3 is 11.9 Å². The SMILES string of the molecule is C#CCCN(C)[C@H]1C[C@@H](C)OC(O[C@@H]2[C@@H](C)C(=O)[C@@H](C)C(=O)O[C@H](CC)[C@@](C)(O)[C@H](O)[C@@H](C)C(=O)[C@H](C)C[C@@]2(C)OC)[C@@H]1OC(C)=O. The maximum Gasteiger partial charge on any atom is 0.316 e. The highest BCUT2D eigenvalue weighted by Crippen LogP contribution is 2.38. The molecule has 2 rings (SSSR count). The number of hydrogen-bond donors (Lipinski definition) is 2. The normalized spacial score (nSPS) is 41.1. The molecule has 12 nitrogen and oxygen atoms in total. The van der Waals surface area contributed by atoms with E-state index in [2.05, 4.69) is 5.92 Å². The standard InChI is InChI=1S/C35H57NO11/c1-13-15-16-36(11)25-17-20(4)44-33(29(25)45-24(8)37)47-31-22(6)28(39)23(7)32(41)46-26(14-2)35(10,42)30(40)21(5)27(38)19(3)18-34(31,9)43-12/h1,19-23,25-26,29-31,33,40,42H,14-18H2,2-12H3/t19-,20-,21+,22+,23-,25+,26-,29-,30-,31-,33?,34-,35-/m1/s1. The molecule has 2 heterocycles. The summed E-state index contributed by atoms with van der Waals surface area (Å²) in [5, 5.41) is 22.5. The molecule has 2 fully saturated rings. The molecular weight excluding hydrogens is 610 g/mol. The number of cyclic esters (lactones) is 1. The molecular formula is C35H57NO11. The predicted molar refractivity (Wildman–Crippen MR) is 173 cm³/mol. The van der Waals surface area contributed by atoms with Crippen molar-refractivity contribution < 1.29 is 53.1 Å². The van der Waals surface area contributed by atoms with Gasteiger partial charge < -0.3 is 33.9 Å². The third kappa shape index (κ3) is 9.40. The van der Waals surface area contributed by atoms with Crippen LogP contribution >= 0.6 is 0 Å². The van der Waals surface area contributed by atoms with Crippen molar-refractivity contribution in [3.8, 4) is 12.3 Å². The Morgan fingerprint density at radius 2 is 1.72 bits per heavy atom. The summed E-state index contributed by atoms with van der Waals surface area (Å²) in [5.74, 6) is -3.76. The zero-order valence-corrected chi connectivity index (χ0v) is 30.0. The van der Waals surface area contributed by atoms with Crippen molar-refractivity contribution in [2.45, 2.75) is 142 Å². The van der Waals surface area contributed by atoms with Crippen LogP contribution in [0.2, 0.25) is 0 Å². The number of aliphatic hydroxyl groups excluding tert-OH is 1. The summed E-state index contributed by atoms with van der Waals surface area (Å²) in [6, 6.07) is -0.338. The molecule has 1 unspecified atom stereocenters. The number of carbonyl (C=O) groups excluding carboxylic acids is 4. The number of Topliss-reactive ketones (excluding diaryl/α,β-unsaturated/α-hetero) is 2. The Bertz CT molecular complexity index is 1150. The van der Waals surface area contributed by atoms with Gasteiger partial charge in [-0.1, -0.05) is 27.7 Å². The van der Waals surface area contributed by atoms with Crippen LogP contribution in [0, 0.1) is 36.0 Å². The highest BCUT2D eigenvalue weighted by Gasteiger charge is 2.52. The number of terminal acetylenes is 1. The summed E-state index contributed by atoms with van der Waals surface area (Å²) >= 11 is 0. The molecule has 12 heteroatoms. The smallest absolute Gasteiger partial charge is 0.316 e. The number of methoxy groups -OCH3 is 1. The zero-order valence-electron chi connectivity index (χ0n) is 30.0. The number of carbonyl (C=O) groups is 4. The number of nitrogens with zero attached hydrogens (tertiary/aromatic N) is 1. The van der Waals surface area contributed by atoms with Gasteiger partial charge in [0.2, 0.25) is 0 Å². The van der Waals surface area contributed by atoms with Crippen molar-refractivity contribution in [3.63, 3.8) is 0 Å². The second-order valence-electron chi connectivity index (χ2n) is 13.9. The summed E-state index contributed by atoms with van der Waals surface area (Å²) in [6.07, 6.45) is 0.399. The van der Waals surface area contributed by atoms with Crippen molar-refractivity contribution in [2.24, 2.45) is 23.7 Å². The Labute approximate surface area is 280 Å². The van der Waals surface area contributed by atoms with E-state index < -0.39 is 83.3 Å². The second-order valence-corrected chi connectivity index (χ2v) is 13.9. The molecule has 0 bridgehead atoms. The average molecular weight is 668 g/mol. The molecule has 0 radical (unpaired) electrons. The van der Waals surface area contributed by atoms with Crippen molar-refractivity contribution in [3.05, 3.63) is 0 Å². The number of aliphatic hydroxyl groups is 2. The lowest BCUT2D eigenvalue weighted by Gasteiger charge is -2.48. The quantitative estimate of drug-likeness (QED) is 0.222. The van der Waals surface area contributed by atoms with Gasteiger partial charge in [-0.05, 0) is 54.0 Å². The number of ether oxygens (including phenoxy) is 5.